The first-order chi connectivity index (χ1) is 9.56. The first-order valence-corrected chi connectivity index (χ1v) is 7.24. The lowest BCUT2D eigenvalue weighted by atomic mass is 9.92. The summed E-state index contributed by atoms with van der Waals surface area (Å²) >= 11 is 0. The summed E-state index contributed by atoms with van der Waals surface area (Å²) in [6.45, 7) is 3.86. The topological polar surface area (TPSA) is 77.2 Å². The Labute approximate surface area is 144 Å². The number of carbonyl (C=O) groups is 1. The maximum absolute atomic E-state index is 12.3. The van der Waals surface area contributed by atoms with Crippen molar-refractivity contribution < 1.29 is 9.53 Å². The molecule has 1 aromatic heterocycles. The van der Waals surface area contributed by atoms with Crippen LogP contribution in [0.1, 0.15) is 50.0 Å². The molecule has 2 rings (SSSR count). The number of hydrogen-bond donors (Lipinski definition) is 2. The molecular formula is C15H25Cl2N3O2. The molecule has 0 unspecified atom stereocenters. The van der Waals surface area contributed by atoms with Gasteiger partial charge in [0.2, 0.25) is 0 Å². The third-order valence-electron chi connectivity index (χ3n) is 3.46. The SMILES string of the molecule is CC(C)Oc1cccnc1C(=O)NC1CCC(N)CC1.Cl.Cl. The molecule has 0 bridgehead atoms. The van der Waals surface area contributed by atoms with E-state index in [1.807, 2.05) is 13.8 Å². The van der Waals surface area contributed by atoms with Crippen LogP contribution in [0.25, 0.3) is 0 Å². The van der Waals surface area contributed by atoms with Crippen molar-refractivity contribution in [1.29, 1.82) is 0 Å². The van der Waals surface area contributed by atoms with Crippen LogP contribution in [-0.2, 0) is 0 Å². The van der Waals surface area contributed by atoms with Gasteiger partial charge in [0.1, 0.15) is 0 Å². The second-order valence-electron chi connectivity index (χ2n) is 5.60. The average Bonchev–Trinajstić information content (AvgIpc) is 2.41. The molecule has 3 N–H and O–H groups in total. The number of nitrogens with two attached hydrogens (primary N) is 1. The molecule has 7 heteroatoms. The van der Waals surface area contributed by atoms with Gasteiger partial charge in [-0.05, 0) is 51.7 Å². The van der Waals surface area contributed by atoms with Crippen molar-refractivity contribution in [2.75, 3.05) is 0 Å². The lowest BCUT2D eigenvalue weighted by Crippen LogP contribution is -2.40. The van der Waals surface area contributed by atoms with Gasteiger partial charge in [0, 0.05) is 18.3 Å². The molecule has 1 aliphatic carbocycles. The maximum atomic E-state index is 12.3. The predicted octanol–water partition coefficient (Wildman–Crippen LogP) is 2.71. The molecule has 22 heavy (non-hydrogen) atoms. The van der Waals surface area contributed by atoms with E-state index in [1.165, 1.54) is 0 Å². The second kappa shape index (κ2) is 9.87. The van der Waals surface area contributed by atoms with Crippen molar-refractivity contribution in [1.82, 2.24) is 10.3 Å². The van der Waals surface area contributed by atoms with E-state index in [9.17, 15) is 4.79 Å². The fourth-order valence-corrected chi connectivity index (χ4v) is 2.43. The normalized spacial score (nSPS) is 20.5. The van der Waals surface area contributed by atoms with Gasteiger partial charge in [-0.1, -0.05) is 0 Å². The van der Waals surface area contributed by atoms with Crippen LogP contribution < -0.4 is 15.8 Å². The van der Waals surface area contributed by atoms with Crippen molar-refractivity contribution in [3.63, 3.8) is 0 Å². The predicted molar refractivity (Wildman–Crippen MR) is 92.2 cm³/mol. The summed E-state index contributed by atoms with van der Waals surface area (Å²) in [5.74, 6) is 0.370. The molecule has 1 aromatic rings. The van der Waals surface area contributed by atoms with E-state index >= 15 is 0 Å². The van der Waals surface area contributed by atoms with Gasteiger partial charge in [-0.2, -0.15) is 0 Å². The van der Waals surface area contributed by atoms with Crippen LogP contribution in [0.15, 0.2) is 18.3 Å². The zero-order chi connectivity index (χ0) is 14.5. The monoisotopic (exact) mass is 349 g/mol. The van der Waals surface area contributed by atoms with Crippen molar-refractivity contribution in [2.45, 2.75) is 57.7 Å². The Bertz CT molecular complexity index is 464. The summed E-state index contributed by atoms with van der Waals surface area (Å²) in [5.41, 5.74) is 6.23. The lowest BCUT2D eigenvalue weighted by molar-refractivity contribution is 0.0914. The Balaban J connectivity index is 0.00000220. The highest BCUT2D eigenvalue weighted by Gasteiger charge is 2.22. The molecule has 1 heterocycles. The number of ether oxygens (including phenoxy) is 1. The van der Waals surface area contributed by atoms with Crippen LogP contribution in [0.4, 0.5) is 0 Å². The maximum Gasteiger partial charge on any atom is 0.273 e. The van der Waals surface area contributed by atoms with E-state index in [4.69, 9.17) is 10.5 Å². The van der Waals surface area contributed by atoms with Gasteiger partial charge in [-0.3, -0.25) is 4.79 Å². The summed E-state index contributed by atoms with van der Waals surface area (Å²) in [6.07, 6.45) is 5.41. The standard InChI is InChI=1S/C15H23N3O2.2ClH/c1-10(2)20-13-4-3-9-17-14(13)15(19)18-12-7-5-11(16)6-8-12;;/h3-4,9-12H,5-8,16H2,1-2H3,(H,18,19);2*1H. The van der Waals surface area contributed by atoms with Crippen molar-refractivity contribution in [2.24, 2.45) is 5.73 Å². The van der Waals surface area contributed by atoms with Crippen LogP contribution in [-0.4, -0.2) is 29.1 Å². The van der Waals surface area contributed by atoms with E-state index in [2.05, 4.69) is 10.3 Å². The fourth-order valence-electron chi connectivity index (χ4n) is 2.43. The zero-order valence-electron chi connectivity index (χ0n) is 13.0. The van der Waals surface area contributed by atoms with Gasteiger partial charge in [0.15, 0.2) is 11.4 Å². The highest BCUT2D eigenvalue weighted by atomic mass is 35.5. The number of nitrogens with one attached hydrogen (secondary N) is 1. The Morgan fingerprint density at radius 2 is 1.95 bits per heavy atom. The molecule has 0 atom stereocenters. The first kappa shape index (κ1) is 21.0. The van der Waals surface area contributed by atoms with Gasteiger partial charge in [0.05, 0.1) is 6.10 Å². The molecule has 1 saturated carbocycles. The highest BCUT2D eigenvalue weighted by Crippen LogP contribution is 2.20. The summed E-state index contributed by atoms with van der Waals surface area (Å²) < 4.78 is 5.63. The van der Waals surface area contributed by atoms with E-state index < -0.39 is 0 Å². The van der Waals surface area contributed by atoms with Gasteiger partial charge >= 0.3 is 0 Å². The van der Waals surface area contributed by atoms with Crippen LogP contribution >= 0.6 is 24.8 Å². The Morgan fingerprint density at radius 3 is 2.55 bits per heavy atom. The number of nitrogens with zero attached hydrogens (tertiary/aromatic N) is 1. The summed E-state index contributed by atoms with van der Waals surface area (Å²) in [7, 11) is 0. The number of rotatable bonds is 4. The Kier molecular flexibility index (Phi) is 9.41. The minimum atomic E-state index is -0.165. The molecule has 0 aromatic carbocycles. The summed E-state index contributed by atoms with van der Waals surface area (Å²) in [4.78, 5) is 16.5. The van der Waals surface area contributed by atoms with Gasteiger partial charge in [-0.15, -0.1) is 24.8 Å². The molecule has 1 fully saturated rings. The van der Waals surface area contributed by atoms with E-state index in [1.54, 1.807) is 18.3 Å². The number of carbonyl (C=O) groups excluding carboxylic acids is 1. The van der Waals surface area contributed by atoms with Crippen LogP contribution in [0, 0.1) is 0 Å². The molecule has 5 nitrogen and oxygen atoms in total. The third-order valence-corrected chi connectivity index (χ3v) is 3.46. The summed E-state index contributed by atoms with van der Waals surface area (Å²) in [5, 5.41) is 3.03. The fraction of sp³-hybridized carbons (Fsp3) is 0.600. The molecular weight excluding hydrogens is 325 g/mol. The number of aromatic nitrogens is 1. The third kappa shape index (κ3) is 5.99. The molecule has 0 spiro atoms. The van der Waals surface area contributed by atoms with Crippen LogP contribution in [0.3, 0.4) is 0 Å². The average molecular weight is 350 g/mol. The van der Waals surface area contributed by atoms with Gasteiger partial charge < -0.3 is 15.8 Å². The van der Waals surface area contributed by atoms with Gasteiger partial charge in [-0.25, -0.2) is 4.98 Å². The second-order valence-corrected chi connectivity index (χ2v) is 5.60. The zero-order valence-corrected chi connectivity index (χ0v) is 14.6. The lowest BCUT2D eigenvalue weighted by Gasteiger charge is -2.26. The van der Waals surface area contributed by atoms with E-state index in [0.717, 1.165) is 25.7 Å². The number of amides is 1. The molecule has 1 amide bonds. The number of pyridine rings is 1. The Morgan fingerprint density at radius 1 is 1.32 bits per heavy atom. The minimum absolute atomic E-state index is 0. The van der Waals surface area contributed by atoms with Crippen molar-refractivity contribution in [3.05, 3.63) is 24.0 Å². The van der Waals surface area contributed by atoms with Crippen molar-refractivity contribution in [3.8, 4) is 5.75 Å². The van der Waals surface area contributed by atoms with E-state index in [0.29, 0.717) is 11.4 Å². The molecule has 0 aliphatic heterocycles. The molecule has 126 valence electrons. The van der Waals surface area contributed by atoms with Gasteiger partial charge in [0.25, 0.3) is 5.91 Å². The first-order valence-electron chi connectivity index (χ1n) is 7.24. The number of hydrogen-bond acceptors (Lipinski definition) is 4. The van der Waals surface area contributed by atoms with Crippen LogP contribution in [0.5, 0.6) is 5.75 Å². The minimum Gasteiger partial charge on any atom is -0.489 e. The van der Waals surface area contributed by atoms with Crippen molar-refractivity contribution >= 4 is 30.7 Å². The quantitative estimate of drug-likeness (QED) is 0.875. The Hall–Kier alpha value is -1.04. The summed E-state index contributed by atoms with van der Waals surface area (Å²) in [6, 6.07) is 4.02. The number of halogens is 2. The van der Waals surface area contributed by atoms with Crippen LogP contribution in [0.2, 0.25) is 0 Å². The smallest absolute Gasteiger partial charge is 0.273 e. The van der Waals surface area contributed by atoms with E-state index in [-0.39, 0.29) is 48.9 Å². The molecule has 0 radical (unpaired) electrons. The molecule has 0 saturated heterocycles. The largest absolute Gasteiger partial charge is 0.489 e. The molecule has 1 aliphatic rings. The highest BCUT2D eigenvalue weighted by molar-refractivity contribution is 5.95.